The van der Waals surface area contributed by atoms with E-state index in [1.54, 1.807) is 17.0 Å². The van der Waals surface area contributed by atoms with Gasteiger partial charge in [0, 0.05) is 0 Å². The van der Waals surface area contributed by atoms with Crippen molar-refractivity contribution in [2.75, 3.05) is 11.4 Å². The van der Waals surface area contributed by atoms with Gasteiger partial charge in [-0.25, -0.2) is 0 Å². The SMILES string of the molecule is Cc1ccc([Se]c2cc3c(nc2-c2ccc(F)cc2)N(C(=O)c2ccc(F)cc2)CCC3)cc1. The molecule has 0 unspecified atom stereocenters. The van der Waals surface area contributed by atoms with Crippen molar-refractivity contribution < 1.29 is 13.6 Å². The molecule has 2 heterocycles. The standard InChI is InChI=1S/C28H22F2N2OSe/c1-18-4-14-24(15-5-18)34-25-17-21-3-2-16-32(28(33)20-8-12-23(30)13-9-20)27(21)31-26(25)19-6-10-22(29)11-7-19/h4-15,17H,2-3,16H2,1H3. The Morgan fingerprint density at radius 2 is 1.56 bits per heavy atom. The van der Waals surface area contributed by atoms with Gasteiger partial charge in [0.2, 0.25) is 0 Å². The Morgan fingerprint density at radius 1 is 0.912 bits per heavy atom. The van der Waals surface area contributed by atoms with Gasteiger partial charge < -0.3 is 0 Å². The summed E-state index contributed by atoms with van der Waals surface area (Å²) in [5, 5.41) is 0. The van der Waals surface area contributed by atoms with Crippen LogP contribution in [-0.2, 0) is 6.42 Å². The average Bonchev–Trinajstić information content (AvgIpc) is 2.85. The summed E-state index contributed by atoms with van der Waals surface area (Å²) in [6, 6.07) is 22.5. The summed E-state index contributed by atoms with van der Waals surface area (Å²) >= 11 is -0.0112. The number of benzene rings is 3. The van der Waals surface area contributed by atoms with E-state index < -0.39 is 0 Å². The molecule has 0 radical (unpaired) electrons. The van der Waals surface area contributed by atoms with Crippen molar-refractivity contribution >= 4 is 35.6 Å². The third-order valence-corrected chi connectivity index (χ3v) is 8.01. The fraction of sp³-hybridized carbons (Fsp3) is 0.143. The van der Waals surface area contributed by atoms with E-state index in [1.165, 1.54) is 46.4 Å². The number of hydrogen-bond donors (Lipinski definition) is 0. The second-order valence-corrected chi connectivity index (χ2v) is 10.6. The molecule has 1 aliphatic heterocycles. The van der Waals surface area contributed by atoms with Gasteiger partial charge in [-0.3, -0.25) is 0 Å². The Bertz CT molecular complexity index is 1340. The van der Waals surface area contributed by atoms with Crippen LogP contribution in [0.3, 0.4) is 0 Å². The van der Waals surface area contributed by atoms with Gasteiger partial charge in [-0.1, -0.05) is 0 Å². The topological polar surface area (TPSA) is 33.2 Å². The van der Waals surface area contributed by atoms with Crippen LogP contribution in [0.15, 0.2) is 78.9 Å². The molecule has 0 N–H and O–H groups in total. The molecular weight excluding hydrogens is 497 g/mol. The zero-order chi connectivity index (χ0) is 23.7. The van der Waals surface area contributed by atoms with Gasteiger partial charge in [-0.15, -0.1) is 0 Å². The van der Waals surface area contributed by atoms with Crippen LogP contribution in [0.5, 0.6) is 0 Å². The molecule has 3 nitrogen and oxygen atoms in total. The molecule has 5 rings (SSSR count). The number of amides is 1. The van der Waals surface area contributed by atoms with Crippen LogP contribution in [0.2, 0.25) is 0 Å². The number of halogens is 2. The first-order valence-corrected chi connectivity index (χ1v) is 12.8. The van der Waals surface area contributed by atoms with E-state index in [0.717, 1.165) is 34.1 Å². The summed E-state index contributed by atoms with van der Waals surface area (Å²) < 4.78 is 29.3. The zero-order valence-corrected chi connectivity index (χ0v) is 20.3. The Morgan fingerprint density at radius 3 is 2.24 bits per heavy atom. The number of fused-ring (bicyclic) bond motifs is 1. The number of carbonyl (C=O) groups is 1. The van der Waals surface area contributed by atoms with Crippen molar-refractivity contribution in [2.45, 2.75) is 19.8 Å². The molecule has 1 aromatic heterocycles. The van der Waals surface area contributed by atoms with Gasteiger partial charge in [0.1, 0.15) is 0 Å². The first-order chi connectivity index (χ1) is 16.5. The van der Waals surface area contributed by atoms with Crippen LogP contribution in [0.1, 0.15) is 27.9 Å². The predicted molar refractivity (Wildman–Crippen MR) is 132 cm³/mol. The third kappa shape index (κ3) is 4.65. The maximum absolute atomic E-state index is 13.6. The van der Waals surface area contributed by atoms with Gasteiger partial charge in [0.25, 0.3) is 0 Å². The van der Waals surface area contributed by atoms with Gasteiger partial charge in [-0.2, -0.15) is 0 Å². The fourth-order valence-electron chi connectivity index (χ4n) is 4.05. The Balaban J connectivity index is 1.60. The molecule has 3 aromatic carbocycles. The van der Waals surface area contributed by atoms with Gasteiger partial charge in [0.05, 0.1) is 0 Å². The predicted octanol–water partition coefficient (Wildman–Crippen LogP) is 4.58. The molecule has 170 valence electrons. The molecule has 0 spiro atoms. The Kier molecular flexibility index (Phi) is 6.27. The summed E-state index contributed by atoms with van der Waals surface area (Å²) in [5.74, 6) is -0.255. The summed E-state index contributed by atoms with van der Waals surface area (Å²) in [6.07, 6.45) is 1.66. The number of carbonyl (C=O) groups excluding carboxylic acids is 1. The Labute approximate surface area is 203 Å². The zero-order valence-electron chi connectivity index (χ0n) is 18.6. The van der Waals surface area contributed by atoms with Crippen LogP contribution in [-0.4, -0.2) is 32.4 Å². The number of hydrogen-bond acceptors (Lipinski definition) is 2. The summed E-state index contributed by atoms with van der Waals surface area (Å²) in [7, 11) is 0. The minimum absolute atomic E-state index is 0.0112. The van der Waals surface area contributed by atoms with Crippen molar-refractivity contribution in [3.8, 4) is 11.3 Å². The van der Waals surface area contributed by atoms with Crippen LogP contribution < -0.4 is 13.8 Å². The normalized spacial score (nSPS) is 13.0. The van der Waals surface area contributed by atoms with Crippen molar-refractivity contribution in [1.82, 2.24) is 4.98 Å². The fourth-order valence-corrected chi connectivity index (χ4v) is 6.12. The molecule has 1 amide bonds. The van der Waals surface area contributed by atoms with Crippen LogP contribution >= 0.6 is 0 Å². The summed E-state index contributed by atoms with van der Waals surface area (Å²) in [4.78, 5) is 20.0. The number of rotatable bonds is 4. The molecule has 0 fully saturated rings. The maximum atomic E-state index is 13.6. The summed E-state index contributed by atoms with van der Waals surface area (Å²) in [6.45, 7) is 2.61. The first kappa shape index (κ1) is 22.5. The van der Waals surface area contributed by atoms with Gasteiger partial charge in [-0.05, 0) is 0 Å². The molecule has 0 atom stereocenters. The van der Waals surface area contributed by atoms with E-state index in [-0.39, 0.29) is 32.5 Å². The van der Waals surface area contributed by atoms with Crippen LogP contribution in [0.25, 0.3) is 11.3 Å². The van der Waals surface area contributed by atoms with E-state index in [0.29, 0.717) is 17.9 Å². The molecule has 0 saturated carbocycles. The van der Waals surface area contributed by atoms with Crippen molar-refractivity contribution in [3.63, 3.8) is 0 Å². The van der Waals surface area contributed by atoms with Crippen molar-refractivity contribution in [1.29, 1.82) is 0 Å². The van der Waals surface area contributed by atoms with E-state index in [2.05, 4.69) is 37.3 Å². The van der Waals surface area contributed by atoms with E-state index in [9.17, 15) is 13.6 Å². The Hall–Kier alpha value is -3.34. The number of pyridine rings is 1. The number of aromatic nitrogens is 1. The molecule has 0 aliphatic carbocycles. The molecular formula is C28H22F2N2OSe. The average molecular weight is 519 g/mol. The van der Waals surface area contributed by atoms with E-state index in [4.69, 9.17) is 4.98 Å². The molecule has 0 bridgehead atoms. The molecule has 4 aromatic rings. The van der Waals surface area contributed by atoms with E-state index in [1.807, 2.05) is 0 Å². The second kappa shape index (κ2) is 9.49. The molecule has 0 saturated heterocycles. The first-order valence-electron chi connectivity index (χ1n) is 11.1. The van der Waals surface area contributed by atoms with Crippen LogP contribution in [0, 0.1) is 18.6 Å². The monoisotopic (exact) mass is 520 g/mol. The minimum atomic E-state index is -0.379. The molecule has 6 heteroatoms. The second-order valence-electron chi connectivity index (χ2n) is 8.31. The summed E-state index contributed by atoms with van der Waals surface area (Å²) in [5.41, 5.74) is 4.23. The molecule has 34 heavy (non-hydrogen) atoms. The molecule has 1 aliphatic rings. The quantitative estimate of drug-likeness (QED) is 0.370. The van der Waals surface area contributed by atoms with Gasteiger partial charge in [0.15, 0.2) is 0 Å². The van der Waals surface area contributed by atoms with Crippen LogP contribution in [0.4, 0.5) is 14.6 Å². The van der Waals surface area contributed by atoms with Crippen molar-refractivity contribution in [2.24, 2.45) is 0 Å². The third-order valence-electron chi connectivity index (χ3n) is 5.83. The van der Waals surface area contributed by atoms with Crippen molar-refractivity contribution in [3.05, 3.63) is 107 Å². The van der Waals surface area contributed by atoms with E-state index >= 15 is 0 Å². The van der Waals surface area contributed by atoms with Gasteiger partial charge >= 0.3 is 204 Å². The number of anilines is 1. The number of aryl methyl sites for hydroxylation is 2. The number of nitrogens with zero attached hydrogens (tertiary/aromatic N) is 2.